The molecule has 1 unspecified atom stereocenters. The van der Waals surface area contributed by atoms with Crippen LogP contribution in [-0.4, -0.2) is 50.8 Å². The molecule has 3 rings (SSSR count). The van der Waals surface area contributed by atoms with Crippen LogP contribution in [0.4, 0.5) is 10.2 Å². The molecule has 0 bridgehead atoms. The lowest BCUT2D eigenvalue weighted by Crippen LogP contribution is -2.38. The number of carbonyl (C=O) groups is 2. The standard InChI is InChI=1S/C30H38FN5O5/c1-10-30(39-9,11-12-36-17-33-23-24(32)34-27(31)35-25(23)36)16-40-21(37)15-29(7,8)22-19(3)13-18(2)14-20(22)41-26(38)28(4,5)6/h1,13-14,17H,11-12,15-16H2,2-9H3,(H2,32,34,35). The van der Waals surface area contributed by atoms with Crippen molar-refractivity contribution in [2.75, 3.05) is 19.5 Å². The first-order valence-electron chi connectivity index (χ1n) is 13.2. The molecule has 0 aliphatic heterocycles. The van der Waals surface area contributed by atoms with E-state index in [0.29, 0.717) is 5.75 Å². The average molecular weight is 568 g/mol. The largest absolute Gasteiger partial charge is 0.461 e. The van der Waals surface area contributed by atoms with Crippen LogP contribution in [0.25, 0.3) is 11.2 Å². The van der Waals surface area contributed by atoms with Crippen LogP contribution in [0.5, 0.6) is 5.75 Å². The van der Waals surface area contributed by atoms with Crippen molar-refractivity contribution in [2.24, 2.45) is 5.41 Å². The number of nitrogen functional groups attached to an aromatic ring is 1. The van der Waals surface area contributed by atoms with Crippen molar-refractivity contribution in [3.05, 3.63) is 41.2 Å². The summed E-state index contributed by atoms with van der Waals surface area (Å²) in [5.41, 5.74) is 6.08. The monoisotopic (exact) mass is 567 g/mol. The fourth-order valence-corrected chi connectivity index (χ4v) is 4.64. The number of hydrogen-bond donors (Lipinski definition) is 1. The number of anilines is 1. The number of aromatic nitrogens is 4. The summed E-state index contributed by atoms with van der Waals surface area (Å²) in [4.78, 5) is 37.2. The Balaban J connectivity index is 1.75. The topological polar surface area (TPSA) is 131 Å². The summed E-state index contributed by atoms with van der Waals surface area (Å²) in [6.45, 7) is 13.0. The maximum Gasteiger partial charge on any atom is 0.316 e. The average Bonchev–Trinajstić information content (AvgIpc) is 3.26. The van der Waals surface area contributed by atoms with Crippen LogP contribution in [0, 0.1) is 37.7 Å². The summed E-state index contributed by atoms with van der Waals surface area (Å²) in [7, 11) is 1.43. The second-order valence-electron chi connectivity index (χ2n) is 11.9. The van der Waals surface area contributed by atoms with Gasteiger partial charge in [0.15, 0.2) is 17.1 Å². The number of rotatable bonds is 10. The van der Waals surface area contributed by atoms with Gasteiger partial charge in [-0.1, -0.05) is 25.8 Å². The highest BCUT2D eigenvalue weighted by atomic mass is 19.1. The van der Waals surface area contributed by atoms with Crippen LogP contribution in [0.15, 0.2) is 18.5 Å². The Morgan fingerprint density at radius 1 is 1.15 bits per heavy atom. The molecule has 0 saturated heterocycles. The van der Waals surface area contributed by atoms with E-state index in [1.165, 1.54) is 13.4 Å². The number of aryl methyl sites for hydroxylation is 3. The third kappa shape index (κ3) is 7.19. The van der Waals surface area contributed by atoms with E-state index in [4.69, 9.17) is 26.4 Å². The van der Waals surface area contributed by atoms with Crippen molar-refractivity contribution >= 4 is 28.9 Å². The molecular formula is C30H38FN5O5. The van der Waals surface area contributed by atoms with Gasteiger partial charge in [0, 0.05) is 31.1 Å². The highest BCUT2D eigenvalue weighted by molar-refractivity contribution is 5.81. The van der Waals surface area contributed by atoms with Gasteiger partial charge < -0.3 is 24.5 Å². The lowest BCUT2D eigenvalue weighted by molar-refractivity contribution is -0.151. The fraction of sp³-hybridized carbons (Fsp3) is 0.500. The number of carbonyl (C=O) groups excluding carboxylic acids is 2. The first-order valence-corrected chi connectivity index (χ1v) is 13.2. The van der Waals surface area contributed by atoms with Crippen LogP contribution >= 0.6 is 0 Å². The Kier molecular flexibility index (Phi) is 9.08. The third-order valence-electron chi connectivity index (χ3n) is 6.86. The zero-order valence-corrected chi connectivity index (χ0v) is 24.9. The number of halogens is 1. The molecular weight excluding hydrogens is 529 g/mol. The summed E-state index contributed by atoms with van der Waals surface area (Å²) in [5.74, 6) is 2.06. The van der Waals surface area contributed by atoms with Crippen LogP contribution in [0.2, 0.25) is 0 Å². The number of ether oxygens (including phenoxy) is 3. The molecule has 0 spiro atoms. The summed E-state index contributed by atoms with van der Waals surface area (Å²) in [6.07, 6.45) is 6.49. The molecule has 3 aromatic rings. The summed E-state index contributed by atoms with van der Waals surface area (Å²) >= 11 is 0. The smallest absolute Gasteiger partial charge is 0.316 e. The molecule has 0 aliphatic carbocycles. The van der Waals surface area contributed by atoms with Crippen molar-refractivity contribution in [3.8, 4) is 18.1 Å². The highest BCUT2D eigenvalue weighted by Gasteiger charge is 2.35. The number of nitrogens with two attached hydrogens (primary N) is 1. The molecule has 0 saturated carbocycles. The molecule has 2 N–H and O–H groups in total. The Labute approximate surface area is 239 Å². The van der Waals surface area contributed by atoms with Crippen LogP contribution in [-0.2, 0) is 31.0 Å². The van der Waals surface area contributed by atoms with Crippen molar-refractivity contribution in [2.45, 2.75) is 78.9 Å². The number of nitrogens with zero attached hydrogens (tertiary/aromatic N) is 4. The van der Waals surface area contributed by atoms with E-state index in [2.05, 4.69) is 20.9 Å². The Hall–Kier alpha value is -4.04. The van der Waals surface area contributed by atoms with Crippen molar-refractivity contribution in [1.29, 1.82) is 0 Å². The lowest BCUT2D eigenvalue weighted by Gasteiger charge is -2.31. The molecule has 220 valence electrons. The van der Waals surface area contributed by atoms with Crippen molar-refractivity contribution in [3.63, 3.8) is 0 Å². The number of hydrogen-bond acceptors (Lipinski definition) is 9. The molecule has 1 atom stereocenters. The number of fused-ring (bicyclic) bond motifs is 1. The van der Waals surface area contributed by atoms with Crippen LogP contribution in [0.3, 0.4) is 0 Å². The van der Waals surface area contributed by atoms with E-state index in [0.717, 1.165) is 16.7 Å². The van der Waals surface area contributed by atoms with Gasteiger partial charge in [-0.3, -0.25) is 9.59 Å². The number of imidazole rings is 1. The first kappa shape index (κ1) is 31.5. The maximum absolute atomic E-state index is 13.7. The van der Waals surface area contributed by atoms with Crippen molar-refractivity contribution < 1.29 is 28.2 Å². The van der Waals surface area contributed by atoms with Crippen LogP contribution in [0.1, 0.15) is 64.2 Å². The molecule has 0 fully saturated rings. The van der Waals surface area contributed by atoms with Gasteiger partial charge >= 0.3 is 18.0 Å². The van der Waals surface area contributed by atoms with E-state index in [1.54, 1.807) is 31.4 Å². The van der Waals surface area contributed by atoms with E-state index in [1.807, 2.05) is 33.8 Å². The number of methoxy groups -OCH3 is 1. The molecule has 11 heteroatoms. The van der Waals surface area contributed by atoms with E-state index >= 15 is 0 Å². The first-order chi connectivity index (χ1) is 19.0. The van der Waals surface area contributed by atoms with Gasteiger partial charge in [0.25, 0.3) is 0 Å². The predicted molar refractivity (Wildman–Crippen MR) is 152 cm³/mol. The van der Waals surface area contributed by atoms with Crippen molar-refractivity contribution in [1.82, 2.24) is 19.5 Å². The fourth-order valence-electron chi connectivity index (χ4n) is 4.64. The zero-order valence-electron chi connectivity index (χ0n) is 24.9. The van der Waals surface area contributed by atoms with E-state index < -0.39 is 28.5 Å². The van der Waals surface area contributed by atoms with E-state index in [9.17, 15) is 14.0 Å². The second-order valence-corrected chi connectivity index (χ2v) is 11.9. The van der Waals surface area contributed by atoms with Gasteiger partial charge in [-0.2, -0.15) is 14.4 Å². The highest BCUT2D eigenvalue weighted by Crippen LogP contribution is 2.39. The molecule has 10 nitrogen and oxygen atoms in total. The summed E-state index contributed by atoms with van der Waals surface area (Å²) in [6, 6.07) is 3.78. The molecule has 1 aromatic carbocycles. The normalized spacial score (nSPS) is 13.5. The quantitative estimate of drug-likeness (QED) is 0.163. The Bertz CT molecular complexity index is 1500. The van der Waals surface area contributed by atoms with Gasteiger partial charge in [-0.15, -0.1) is 6.42 Å². The van der Waals surface area contributed by atoms with Gasteiger partial charge in [-0.05, 0) is 51.8 Å². The number of esters is 2. The molecule has 0 amide bonds. The zero-order chi connectivity index (χ0) is 30.8. The molecule has 41 heavy (non-hydrogen) atoms. The predicted octanol–water partition coefficient (Wildman–Crippen LogP) is 4.44. The van der Waals surface area contributed by atoms with Gasteiger partial charge in [0.2, 0.25) is 0 Å². The van der Waals surface area contributed by atoms with Gasteiger partial charge in [-0.25, -0.2) is 4.98 Å². The summed E-state index contributed by atoms with van der Waals surface area (Å²) < 4.78 is 32.4. The summed E-state index contributed by atoms with van der Waals surface area (Å²) in [5, 5.41) is 0. The van der Waals surface area contributed by atoms with Crippen LogP contribution < -0.4 is 10.5 Å². The van der Waals surface area contributed by atoms with E-state index in [-0.39, 0.29) is 48.9 Å². The Morgan fingerprint density at radius 2 is 1.83 bits per heavy atom. The van der Waals surface area contributed by atoms with Gasteiger partial charge in [0.05, 0.1) is 18.2 Å². The number of terminal acetylenes is 1. The van der Waals surface area contributed by atoms with Gasteiger partial charge in [0.1, 0.15) is 17.9 Å². The molecule has 0 radical (unpaired) electrons. The Morgan fingerprint density at radius 3 is 2.44 bits per heavy atom. The minimum absolute atomic E-state index is 0.0109. The second kappa shape index (κ2) is 11.8. The number of benzene rings is 1. The molecule has 2 heterocycles. The third-order valence-corrected chi connectivity index (χ3v) is 6.86. The lowest BCUT2D eigenvalue weighted by atomic mass is 9.78. The minimum atomic E-state index is -1.26. The SMILES string of the molecule is C#CC(CCn1cnc2c(N)nc(F)nc21)(COC(=O)CC(C)(C)c1c(C)cc(C)cc1OC(=O)C(C)(C)C)OC. The maximum atomic E-state index is 13.7. The molecule has 0 aliphatic rings. The minimum Gasteiger partial charge on any atom is -0.461 e. The molecule has 2 aromatic heterocycles.